The highest BCUT2D eigenvalue weighted by atomic mass is 16.6. The molecule has 3 heterocycles. The fourth-order valence-corrected chi connectivity index (χ4v) is 3.72. The summed E-state index contributed by atoms with van der Waals surface area (Å²) in [6.45, 7) is 1.88. The van der Waals surface area contributed by atoms with Crippen LogP contribution in [0.25, 0.3) is 0 Å². The maximum absolute atomic E-state index is 12.9. The maximum Gasteiger partial charge on any atom is 0.276 e. The summed E-state index contributed by atoms with van der Waals surface area (Å²) in [5.74, 6) is 2.80. The van der Waals surface area contributed by atoms with Gasteiger partial charge in [0.05, 0.1) is 6.04 Å². The van der Waals surface area contributed by atoms with Crippen molar-refractivity contribution < 1.29 is 18.8 Å². The van der Waals surface area contributed by atoms with Gasteiger partial charge in [-0.15, -0.1) is 0 Å². The molecule has 1 aliphatic carbocycles. The van der Waals surface area contributed by atoms with Crippen molar-refractivity contribution in [1.29, 1.82) is 0 Å². The smallest absolute Gasteiger partial charge is 0.276 e. The van der Waals surface area contributed by atoms with Crippen molar-refractivity contribution in [1.82, 2.24) is 10.1 Å². The topological polar surface area (TPSA) is 64.8 Å². The number of amides is 1. The third-order valence-corrected chi connectivity index (χ3v) is 5.19. The Morgan fingerprint density at radius 1 is 1.08 bits per heavy atom. The number of nitrogens with zero attached hydrogens (tertiary/aromatic N) is 2. The summed E-state index contributed by atoms with van der Waals surface area (Å²) >= 11 is 0. The second kappa shape index (κ2) is 5.79. The zero-order valence-electron chi connectivity index (χ0n) is 13.9. The van der Waals surface area contributed by atoms with E-state index in [-0.39, 0.29) is 11.9 Å². The van der Waals surface area contributed by atoms with Crippen LogP contribution >= 0.6 is 0 Å². The van der Waals surface area contributed by atoms with Gasteiger partial charge in [0.15, 0.2) is 17.2 Å². The second-order valence-corrected chi connectivity index (χ2v) is 6.95. The lowest BCUT2D eigenvalue weighted by Crippen LogP contribution is -2.30. The summed E-state index contributed by atoms with van der Waals surface area (Å²) < 4.78 is 16.6. The molecule has 1 unspecified atom stereocenters. The lowest BCUT2D eigenvalue weighted by Gasteiger charge is -2.26. The number of likely N-dealkylation sites (tertiary alicyclic amines) is 1. The van der Waals surface area contributed by atoms with Crippen LogP contribution < -0.4 is 9.47 Å². The summed E-state index contributed by atoms with van der Waals surface area (Å²) in [5.41, 5.74) is 1.51. The molecule has 2 aliphatic heterocycles. The number of fused-ring (bicyclic) bond motifs is 1. The Hall–Kier alpha value is -2.50. The van der Waals surface area contributed by atoms with E-state index < -0.39 is 0 Å². The minimum absolute atomic E-state index is 0.0457. The SMILES string of the molecule is O=C(c1cc(C2CC2)on1)N1CCCC1c1ccc2c(c1)OCCO2. The average molecular weight is 340 g/mol. The normalized spacial score (nSPS) is 22.2. The third-order valence-electron chi connectivity index (χ3n) is 5.19. The zero-order valence-corrected chi connectivity index (χ0v) is 13.9. The van der Waals surface area contributed by atoms with Gasteiger partial charge in [0, 0.05) is 18.5 Å². The molecule has 25 heavy (non-hydrogen) atoms. The molecule has 1 aromatic heterocycles. The van der Waals surface area contributed by atoms with Crippen molar-refractivity contribution in [2.45, 2.75) is 37.6 Å². The Balaban J connectivity index is 1.40. The lowest BCUT2D eigenvalue weighted by molar-refractivity contribution is 0.0724. The molecule has 3 aliphatic rings. The molecule has 0 N–H and O–H groups in total. The minimum atomic E-state index is -0.0481. The molecule has 1 atom stereocenters. The predicted molar refractivity (Wildman–Crippen MR) is 88.9 cm³/mol. The summed E-state index contributed by atoms with van der Waals surface area (Å²) in [4.78, 5) is 14.8. The van der Waals surface area contributed by atoms with Crippen molar-refractivity contribution in [3.8, 4) is 11.5 Å². The van der Waals surface area contributed by atoms with Crippen molar-refractivity contribution in [3.05, 3.63) is 41.3 Å². The van der Waals surface area contributed by atoms with Gasteiger partial charge in [-0.3, -0.25) is 4.79 Å². The van der Waals surface area contributed by atoms with Gasteiger partial charge < -0.3 is 18.9 Å². The molecule has 0 bridgehead atoms. The van der Waals surface area contributed by atoms with Crippen molar-refractivity contribution in [2.75, 3.05) is 19.8 Å². The second-order valence-electron chi connectivity index (χ2n) is 6.95. The third kappa shape index (κ3) is 2.65. The van der Waals surface area contributed by atoms with Crippen LogP contribution in [-0.2, 0) is 0 Å². The van der Waals surface area contributed by atoms with E-state index in [9.17, 15) is 4.79 Å². The Bertz CT molecular complexity index is 812. The van der Waals surface area contributed by atoms with Crippen LogP contribution in [0.2, 0.25) is 0 Å². The standard InChI is InChI=1S/C19H20N2O4/c22-19(14-11-17(25-20-14)12-3-4-12)21-7-1-2-15(21)13-5-6-16-18(10-13)24-9-8-23-16/h5-6,10-12,15H,1-4,7-9H2. The number of hydrogen-bond donors (Lipinski definition) is 0. The number of benzene rings is 1. The van der Waals surface area contributed by atoms with Crippen LogP contribution in [-0.4, -0.2) is 35.7 Å². The van der Waals surface area contributed by atoms with Crippen LogP contribution in [0.3, 0.4) is 0 Å². The summed E-state index contributed by atoms with van der Waals surface area (Å²) in [6, 6.07) is 7.83. The Labute approximate surface area is 145 Å². The predicted octanol–water partition coefficient (Wildman–Crippen LogP) is 3.30. The first-order valence-corrected chi connectivity index (χ1v) is 8.97. The van der Waals surface area contributed by atoms with E-state index in [4.69, 9.17) is 14.0 Å². The van der Waals surface area contributed by atoms with Gasteiger partial charge in [-0.25, -0.2) is 0 Å². The van der Waals surface area contributed by atoms with Crippen molar-refractivity contribution in [3.63, 3.8) is 0 Å². The molecular weight excluding hydrogens is 320 g/mol. The number of hydrogen-bond acceptors (Lipinski definition) is 5. The first kappa shape index (κ1) is 14.8. The average Bonchev–Trinajstić information content (AvgIpc) is 3.19. The molecule has 1 saturated carbocycles. The van der Waals surface area contributed by atoms with Gasteiger partial charge in [-0.05, 0) is 43.4 Å². The van der Waals surface area contributed by atoms with Gasteiger partial charge in [0.2, 0.25) is 0 Å². The fraction of sp³-hybridized carbons (Fsp3) is 0.474. The number of rotatable bonds is 3. The molecule has 6 heteroatoms. The van der Waals surface area contributed by atoms with Crippen LogP contribution in [0.4, 0.5) is 0 Å². The Morgan fingerprint density at radius 3 is 2.76 bits per heavy atom. The van der Waals surface area contributed by atoms with E-state index in [1.54, 1.807) is 0 Å². The molecule has 1 amide bonds. The first-order valence-electron chi connectivity index (χ1n) is 8.97. The Kier molecular flexibility index (Phi) is 3.43. The molecule has 5 rings (SSSR count). The summed E-state index contributed by atoms with van der Waals surface area (Å²) in [7, 11) is 0. The van der Waals surface area contributed by atoms with Gasteiger partial charge in [0.1, 0.15) is 19.0 Å². The zero-order chi connectivity index (χ0) is 16.8. The van der Waals surface area contributed by atoms with Crippen LogP contribution in [0.1, 0.15) is 59.5 Å². The highest BCUT2D eigenvalue weighted by molar-refractivity contribution is 5.92. The number of carbonyl (C=O) groups excluding carboxylic acids is 1. The van der Waals surface area contributed by atoms with Crippen LogP contribution in [0, 0.1) is 0 Å². The van der Waals surface area contributed by atoms with E-state index in [0.717, 1.165) is 55.1 Å². The molecule has 130 valence electrons. The molecule has 0 spiro atoms. The quantitative estimate of drug-likeness (QED) is 0.858. The molecular formula is C19H20N2O4. The molecule has 2 aromatic rings. The highest BCUT2D eigenvalue weighted by Gasteiger charge is 2.34. The largest absolute Gasteiger partial charge is 0.486 e. The van der Waals surface area contributed by atoms with E-state index in [1.807, 2.05) is 29.2 Å². The minimum Gasteiger partial charge on any atom is -0.486 e. The summed E-state index contributed by atoms with van der Waals surface area (Å²) in [6.07, 6.45) is 4.19. The van der Waals surface area contributed by atoms with Crippen LogP contribution in [0.5, 0.6) is 11.5 Å². The van der Waals surface area contributed by atoms with Crippen molar-refractivity contribution >= 4 is 5.91 Å². The van der Waals surface area contributed by atoms with Crippen LogP contribution in [0.15, 0.2) is 28.8 Å². The lowest BCUT2D eigenvalue weighted by atomic mass is 10.0. The molecule has 1 saturated heterocycles. The van der Waals surface area contributed by atoms with E-state index >= 15 is 0 Å². The highest BCUT2D eigenvalue weighted by Crippen LogP contribution is 2.41. The Morgan fingerprint density at radius 2 is 1.92 bits per heavy atom. The first-order chi connectivity index (χ1) is 12.3. The van der Waals surface area contributed by atoms with E-state index in [0.29, 0.717) is 24.8 Å². The molecule has 2 fully saturated rings. The monoisotopic (exact) mass is 340 g/mol. The van der Waals surface area contributed by atoms with E-state index in [1.165, 1.54) is 0 Å². The van der Waals surface area contributed by atoms with Gasteiger partial charge >= 0.3 is 0 Å². The number of aromatic nitrogens is 1. The van der Waals surface area contributed by atoms with E-state index in [2.05, 4.69) is 5.16 Å². The maximum atomic E-state index is 12.9. The number of carbonyl (C=O) groups is 1. The van der Waals surface area contributed by atoms with Gasteiger partial charge in [-0.1, -0.05) is 11.2 Å². The van der Waals surface area contributed by atoms with Gasteiger partial charge in [-0.2, -0.15) is 0 Å². The molecule has 0 radical (unpaired) electrons. The van der Waals surface area contributed by atoms with Crippen molar-refractivity contribution in [2.24, 2.45) is 0 Å². The summed E-state index contributed by atoms with van der Waals surface area (Å²) in [5, 5.41) is 4.01. The molecule has 6 nitrogen and oxygen atoms in total. The fourth-order valence-electron chi connectivity index (χ4n) is 3.72. The number of ether oxygens (including phenoxy) is 2. The van der Waals surface area contributed by atoms with Gasteiger partial charge in [0.25, 0.3) is 5.91 Å². The molecule has 1 aromatic carbocycles.